The van der Waals surface area contributed by atoms with Crippen LogP contribution < -0.4 is 4.74 Å². The number of hydrogen-bond donors (Lipinski definition) is 0. The molecule has 0 fully saturated rings. The van der Waals surface area contributed by atoms with Crippen molar-refractivity contribution in [3.8, 4) is 5.75 Å². The number of benzene rings is 3. The molecule has 3 aromatic carbocycles. The fraction of sp³-hybridized carbons (Fsp3) is 0.300. The molecule has 0 saturated heterocycles. The van der Waals surface area contributed by atoms with Crippen LogP contribution in [0.3, 0.4) is 0 Å². The van der Waals surface area contributed by atoms with Gasteiger partial charge < -0.3 is 9.64 Å². The zero-order chi connectivity index (χ0) is 23.7. The van der Waals surface area contributed by atoms with Crippen molar-refractivity contribution in [2.24, 2.45) is 10.9 Å². The average molecular weight is 455 g/mol. The normalized spacial score (nSPS) is 18.3. The Balaban J connectivity index is 1.54. The average Bonchev–Trinajstić information content (AvgIpc) is 3.30. The number of nitrogens with zero attached hydrogens (tertiary/aromatic N) is 2. The predicted octanol–water partition coefficient (Wildman–Crippen LogP) is 6.31. The number of aryl methyl sites for hydroxylation is 1. The minimum Gasteiger partial charge on any atom is -0.483 e. The zero-order valence-electron chi connectivity index (χ0n) is 20.0. The van der Waals surface area contributed by atoms with E-state index in [1.54, 1.807) is 0 Å². The maximum atomic E-state index is 14.1. The lowest BCUT2D eigenvalue weighted by molar-refractivity contribution is 0.104. The maximum absolute atomic E-state index is 14.1. The highest BCUT2D eigenvalue weighted by atomic mass is 19.1. The molecule has 3 nitrogen and oxygen atoms in total. The molecule has 0 saturated carbocycles. The van der Waals surface area contributed by atoms with Crippen molar-refractivity contribution in [3.05, 3.63) is 106 Å². The number of halogens is 1. The summed E-state index contributed by atoms with van der Waals surface area (Å²) in [4.78, 5) is 7.30. The second kappa shape index (κ2) is 9.46. The van der Waals surface area contributed by atoms with Crippen LogP contribution in [0.25, 0.3) is 6.08 Å². The molecular formula is C30H31FN2O. The molecule has 3 aromatic rings. The number of fused-ring (bicyclic) bond motifs is 1. The highest BCUT2D eigenvalue weighted by molar-refractivity contribution is 6.00. The molecule has 2 heterocycles. The van der Waals surface area contributed by atoms with Crippen molar-refractivity contribution in [2.45, 2.75) is 39.3 Å². The number of aliphatic imine (C=N–C) groups is 1. The topological polar surface area (TPSA) is 24.8 Å². The van der Waals surface area contributed by atoms with Crippen LogP contribution in [0.15, 0.2) is 83.4 Å². The smallest absolute Gasteiger partial charge is 0.141 e. The number of rotatable bonds is 6. The lowest BCUT2D eigenvalue weighted by Crippen LogP contribution is -2.52. The third-order valence-corrected chi connectivity index (χ3v) is 6.72. The van der Waals surface area contributed by atoms with Crippen LogP contribution in [0.2, 0.25) is 0 Å². The Hall–Kier alpha value is -3.40. The third kappa shape index (κ3) is 4.50. The van der Waals surface area contributed by atoms with Gasteiger partial charge in [0.15, 0.2) is 0 Å². The van der Waals surface area contributed by atoms with Gasteiger partial charge in [0, 0.05) is 23.7 Å². The molecule has 4 heteroatoms. The summed E-state index contributed by atoms with van der Waals surface area (Å²) in [6, 6.07) is 23.9. The van der Waals surface area contributed by atoms with Gasteiger partial charge in [-0.3, -0.25) is 4.99 Å². The maximum Gasteiger partial charge on any atom is 0.141 e. The van der Waals surface area contributed by atoms with Gasteiger partial charge in [0.05, 0.1) is 12.6 Å². The van der Waals surface area contributed by atoms with E-state index in [-0.39, 0.29) is 18.0 Å². The fourth-order valence-corrected chi connectivity index (χ4v) is 5.08. The second-order valence-corrected chi connectivity index (χ2v) is 9.60. The predicted molar refractivity (Wildman–Crippen MR) is 137 cm³/mol. The quantitative estimate of drug-likeness (QED) is 0.436. The Kier molecular flexibility index (Phi) is 6.23. The molecule has 0 spiro atoms. The van der Waals surface area contributed by atoms with E-state index in [1.807, 2.05) is 12.1 Å². The van der Waals surface area contributed by atoms with Gasteiger partial charge in [0.1, 0.15) is 23.5 Å². The summed E-state index contributed by atoms with van der Waals surface area (Å²) in [6.45, 7) is 8.19. The van der Waals surface area contributed by atoms with Gasteiger partial charge in [0.2, 0.25) is 0 Å². The molecule has 0 aromatic heterocycles. The SMILES string of the molecule is Cc1ccc(C2=NCCN2C(C(C)C)C2Oc3cc(F)ccc3C=C2Cc2ccccc2)cc1. The highest BCUT2D eigenvalue weighted by Crippen LogP contribution is 2.37. The van der Waals surface area contributed by atoms with E-state index in [0.717, 1.165) is 36.5 Å². The zero-order valence-corrected chi connectivity index (χ0v) is 20.0. The van der Waals surface area contributed by atoms with E-state index in [9.17, 15) is 4.39 Å². The number of amidine groups is 1. The summed E-state index contributed by atoms with van der Waals surface area (Å²) in [5, 5.41) is 0. The van der Waals surface area contributed by atoms with Gasteiger partial charge in [0.25, 0.3) is 0 Å². The van der Waals surface area contributed by atoms with E-state index in [1.165, 1.54) is 28.8 Å². The fourth-order valence-electron chi connectivity index (χ4n) is 5.08. The van der Waals surface area contributed by atoms with Crippen LogP contribution in [-0.2, 0) is 6.42 Å². The van der Waals surface area contributed by atoms with Gasteiger partial charge in [-0.2, -0.15) is 0 Å². The summed E-state index contributed by atoms with van der Waals surface area (Å²) in [5.74, 6) is 1.65. The molecule has 34 heavy (non-hydrogen) atoms. The van der Waals surface area contributed by atoms with Crippen molar-refractivity contribution in [1.29, 1.82) is 0 Å². The molecular weight excluding hydrogens is 423 g/mol. The Labute approximate surface area is 201 Å². The Morgan fingerprint density at radius 1 is 1.03 bits per heavy atom. The third-order valence-electron chi connectivity index (χ3n) is 6.72. The van der Waals surface area contributed by atoms with Gasteiger partial charge >= 0.3 is 0 Å². The van der Waals surface area contributed by atoms with Crippen LogP contribution in [0.4, 0.5) is 4.39 Å². The summed E-state index contributed by atoms with van der Waals surface area (Å²) in [6.07, 6.45) is 2.78. The first-order valence-electron chi connectivity index (χ1n) is 12.1. The molecule has 0 radical (unpaired) electrons. The van der Waals surface area contributed by atoms with Crippen LogP contribution in [0.1, 0.15) is 36.1 Å². The van der Waals surface area contributed by atoms with Crippen LogP contribution in [-0.4, -0.2) is 36.0 Å². The van der Waals surface area contributed by atoms with E-state index in [0.29, 0.717) is 11.7 Å². The first-order valence-corrected chi connectivity index (χ1v) is 12.1. The summed E-state index contributed by atoms with van der Waals surface area (Å²) < 4.78 is 20.7. The summed E-state index contributed by atoms with van der Waals surface area (Å²) >= 11 is 0. The largest absolute Gasteiger partial charge is 0.483 e. The molecule has 0 amide bonds. The number of ether oxygens (including phenoxy) is 1. The Morgan fingerprint density at radius 3 is 2.53 bits per heavy atom. The van der Waals surface area contributed by atoms with E-state index >= 15 is 0 Å². The minimum absolute atomic E-state index is 0.0638. The van der Waals surface area contributed by atoms with E-state index < -0.39 is 0 Å². The first-order chi connectivity index (χ1) is 16.5. The second-order valence-electron chi connectivity index (χ2n) is 9.60. The van der Waals surface area contributed by atoms with Gasteiger partial charge in [-0.15, -0.1) is 0 Å². The molecule has 174 valence electrons. The van der Waals surface area contributed by atoms with Crippen molar-refractivity contribution in [2.75, 3.05) is 13.1 Å². The molecule has 0 aliphatic carbocycles. The van der Waals surface area contributed by atoms with Crippen LogP contribution in [0, 0.1) is 18.7 Å². The summed E-state index contributed by atoms with van der Waals surface area (Å²) in [7, 11) is 0. The van der Waals surface area contributed by atoms with E-state index in [4.69, 9.17) is 9.73 Å². The minimum atomic E-state index is -0.276. The van der Waals surface area contributed by atoms with Gasteiger partial charge in [-0.05, 0) is 48.6 Å². The van der Waals surface area contributed by atoms with Crippen molar-refractivity contribution < 1.29 is 9.13 Å². The molecule has 2 atom stereocenters. The summed E-state index contributed by atoms with van der Waals surface area (Å²) in [5.41, 5.74) is 5.74. The van der Waals surface area contributed by atoms with Crippen molar-refractivity contribution >= 4 is 11.9 Å². The standard InChI is InChI=1S/C30H31FN2O/c1-20(2)28(33-16-15-32-30(33)23-11-9-21(3)10-12-23)29-25(17-22-7-5-4-6-8-22)18-24-13-14-26(31)19-27(24)34-29/h4-14,18-20,28-29H,15-17H2,1-3H3. The molecule has 0 bridgehead atoms. The van der Waals surface area contributed by atoms with E-state index in [2.05, 4.69) is 80.3 Å². The Morgan fingerprint density at radius 2 is 1.79 bits per heavy atom. The molecule has 2 unspecified atom stereocenters. The molecule has 0 N–H and O–H groups in total. The van der Waals surface area contributed by atoms with Gasteiger partial charge in [-0.25, -0.2) is 4.39 Å². The molecule has 5 rings (SSSR count). The highest BCUT2D eigenvalue weighted by Gasteiger charge is 2.39. The van der Waals surface area contributed by atoms with Gasteiger partial charge in [-0.1, -0.05) is 74.0 Å². The number of hydrogen-bond acceptors (Lipinski definition) is 3. The monoisotopic (exact) mass is 454 g/mol. The lowest BCUT2D eigenvalue weighted by Gasteiger charge is -2.41. The molecule has 2 aliphatic heterocycles. The van der Waals surface area contributed by atoms with Crippen molar-refractivity contribution in [1.82, 2.24) is 4.90 Å². The van der Waals surface area contributed by atoms with Crippen LogP contribution >= 0.6 is 0 Å². The van der Waals surface area contributed by atoms with Crippen molar-refractivity contribution in [3.63, 3.8) is 0 Å². The lowest BCUT2D eigenvalue weighted by atomic mass is 9.85. The van der Waals surface area contributed by atoms with Crippen LogP contribution in [0.5, 0.6) is 5.75 Å². The first kappa shape index (κ1) is 22.4. The molecule has 2 aliphatic rings. The Bertz CT molecular complexity index is 1210.